The third kappa shape index (κ3) is 2.86. The number of likely N-dealkylation sites (tertiary alicyclic amines) is 1. The second-order valence-electron chi connectivity index (χ2n) is 6.44. The summed E-state index contributed by atoms with van der Waals surface area (Å²) < 4.78 is 0. The number of amides is 2. The topological polar surface area (TPSA) is 75.4 Å². The fraction of sp³-hybridized carbons (Fsp3) is 0.529. The van der Waals surface area contributed by atoms with Crippen molar-refractivity contribution in [2.75, 3.05) is 18.4 Å². The number of carbonyl (C=O) groups is 2. The molecule has 3 rings (SSSR count). The lowest BCUT2D eigenvalue weighted by Gasteiger charge is -2.37. The van der Waals surface area contributed by atoms with Crippen molar-refractivity contribution in [1.82, 2.24) is 4.90 Å². The van der Waals surface area contributed by atoms with Crippen LogP contribution in [-0.2, 0) is 9.59 Å². The number of hydrogen-bond acceptors (Lipinski definition) is 3. The van der Waals surface area contributed by atoms with Gasteiger partial charge in [-0.2, -0.15) is 0 Å². The molecular weight excluding hydrogens is 278 g/mol. The average molecular weight is 301 g/mol. The van der Waals surface area contributed by atoms with E-state index in [1.165, 1.54) is 0 Å². The van der Waals surface area contributed by atoms with E-state index in [9.17, 15) is 9.59 Å². The third-order valence-electron chi connectivity index (χ3n) is 4.81. The highest BCUT2D eigenvalue weighted by molar-refractivity contribution is 6.01. The van der Waals surface area contributed by atoms with Crippen molar-refractivity contribution in [3.63, 3.8) is 0 Å². The number of anilines is 1. The molecule has 1 saturated heterocycles. The highest BCUT2D eigenvalue weighted by atomic mass is 16.2. The number of nitrogens with zero attached hydrogens (tertiary/aromatic N) is 1. The zero-order valence-corrected chi connectivity index (χ0v) is 12.9. The molecule has 2 heterocycles. The molecule has 1 aromatic rings. The predicted octanol–water partition coefficient (Wildman–Crippen LogP) is 1.70. The predicted molar refractivity (Wildman–Crippen MR) is 85.4 cm³/mol. The molecular formula is C17H23N3O2. The first-order valence-corrected chi connectivity index (χ1v) is 7.99. The molecule has 5 nitrogen and oxygen atoms in total. The number of fused-ring (bicyclic) bond motifs is 1. The number of nitrogens with one attached hydrogen (secondary N) is 1. The lowest BCUT2D eigenvalue weighted by atomic mass is 9.87. The molecule has 0 aromatic heterocycles. The molecule has 2 aliphatic heterocycles. The molecule has 2 amide bonds. The Kier molecular flexibility index (Phi) is 4.16. The van der Waals surface area contributed by atoms with E-state index in [1.54, 1.807) is 0 Å². The molecule has 0 aliphatic carbocycles. The molecule has 2 aliphatic rings. The Morgan fingerprint density at radius 3 is 2.95 bits per heavy atom. The molecule has 22 heavy (non-hydrogen) atoms. The summed E-state index contributed by atoms with van der Waals surface area (Å²) in [7, 11) is 0. The van der Waals surface area contributed by atoms with E-state index >= 15 is 0 Å². The second-order valence-corrected chi connectivity index (χ2v) is 6.44. The number of benzene rings is 1. The largest absolute Gasteiger partial charge is 0.342 e. The highest BCUT2D eigenvalue weighted by Gasteiger charge is 2.35. The fourth-order valence-electron chi connectivity index (χ4n) is 3.49. The highest BCUT2D eigenvalue weighted by Crippen LogP contribution is 2.34. The van der Waals surface area contributed by atoms with Gasteiger partial charge >= 0.3 is 0 Å². The van der Waals surface area contributed by atoms with Crippen LogP contribution in [0.1, 0.15) is 37.7 Å². The van der Waals surface area contributed by atoms with Crippen LogP contribution in [-0.4, -0.2) is 35.8 Å². The van der Waals surface area contributed by atoms with Crippen molar-refractivity contribution in [1.29, 1.82) is 0 Å². The van der Waals surface area contributed by atoms with Gasteiger partial charge in [-0.3, -0.25) is 9.59 Å². The molecule has 5 heteroatoms. The molecule has 0 bridgehead atoms. The lowest BCUT2D eigenvalue weighted by Crippen LogP contribution is -2.47. The monoisotopic (exact) mass is 301 g/mol. The van der Waals surface area contributed by atoms with Gasteiger partial charge in [0, 0.05) is 31.2 Å². The summed E-state index contributed by atoms with van der Waals surface area (Å²) >= 11 is 0. The van der Waals surface area contributed by atoms with Crippen molar-refractivity contribution in [3.05, 3.63) is 29.8 Å². The molecule has 1 aromatic carbocycles. The SMILES string of the molecule is CC(N)C1CCCN(C(=O)C2CC(=O)Nc3ccccc32)C1. The van der Waals surface area contributed by atoms with Gasteiger partial charge in [-0.05, 0) is 37.3 Å². The summed E-state index contributed by atoms with van der Waals surface area (Å²) in [5.41, 5.74) is 7.69. The minimum Gasteiger partial charge on any atom is -0.342 e. The molecule has 1 fully saturated rings. The van der Waals surface area contributed by atoms with Gasteiger partial charge in [0.15, 0.2) is 0 Å². The van der Waals surface area contributed by atoms with Crippen LogP contribution in [0.2, 0.25) is 0 Å². The number of carbonyl (C=O) groups excluding carboxylic acids is 2. The standard InChI is InChI=1S/C17H23N3O2/c1-11(18)12-5-4-8-20(10-12)17(22)14-9-16(21)19-15-7-3-2-6-13(14)15/h2-3,6-7,11-12,14H,4-5,8-10,18H2,1H3,(H,19,21). The van der Waals surface area contributed by atoms with E-state index in [4.69, 9.17) is 5.73 Å². The Morgan fingerprint density at radius 1 is 1.41 bits per heavy atom. The smallest absolute Gasteiger partial charge is 0.230 e. The summed E-state index contributed by atoms with van der Waals surface area (Å²) in [4.78, 5) is 26.7. The maximum Gasteiger partial charge on any atom is 0.230 e. The first kappa shape index (κ1) is 15.0. The van der Waals surface area contributed by atoms with Crippen LogP contribution in [0.3, 0.4) is 0 Å². The zero-order chi connectivity index (χ0) is 15.7. The van der Waals surface area contributed by atoms with Crippen LogP contribution < -0.4 is 11.1 Å². The maximum absolute atomic E-state index is 12.9. The molecule has 3 unspecified atom stereocenters. The summed E-state index contributed by atoms with van der Waals surface area (Å²) in [5.74, 6) is -0.0346. The van der Waals surface area contributed by atoms with Crippen molar-refractivity contribution in [2.24, 2.45) is 11.7 Å². The second kappa shape index (κ2) is 6.08. The molecule has 3 atom stereocenters. The minimum atomic E-state index is -0.364. The first-order valence-electron chi connectivity index (χ1n) is 7.99. The normalized spacial score (nSPS) is 26.1. The number of piperidine rings is 1. The number of rotatable bonds is 2. The van der Waals surface area contributed by atoms with E-state index in [-0.39, 0.29) is 30.2 Å². The van der Waals surface area contributed by atoms with Gasteiger partial charge in [0.05, 0.1) is 5.92 Å². The minimum absolute atomic E-state index is 0.0626. The maximum atomic E-state index is 12.9. The van der Waals surface area contributed by atoms with Gasteiger partial charge in [-0.15, -0.1) is 0 Å². The Bertz CT molecular complexity index is 585. The van der Waals surface area contributed by atoms with Crippen LogP contribution in [0, 0.1) is 5.92 Å². The quantitative estimate of drug-likeness (QED) is 0.873. The van der Waals surface area contributed by atoms with Gasteiger partial charge < -0.3 is 16.0 Å². The van der Waals surface area contributed by atoms with Crippen LogP contribution in [0.5, 0.6) is 0 Å². The number of para-hydroxylation sites is 1. The van der Waals surface area contributed by atoms with Gasteiger partial charge in [-0.25, -0.2) is 0 Å². The van der Waals surface area contributed by atoms with Gasteiger partial charge in [-0.1, -0.05) is 18.2 Å². The summed E-state index contributed by atoms with van der Waals surface area (Å²) in [6, 6.07) is 7.67. The first-order chi connectivity index (χ1) is 10.6. The lowest BCUT2D eigenvalue weighted by molar-refractivity contribution is -0.136. The van der Waals surface area contributed by atoms with Crippen LogP contribution in [0.4, 0.5) is 5.69 Å². The van der Waals surface area contributed by atoms with Crippen molar-refractivity contribution < 1.29 is 9.59 Å². The van der Waals surface area contributed by atoms with E-state index in [1.807, 2.05) is 36.1 Å². The summed E-state index contributed by atoms with van der Waals surface area (Å²) in [5, 5.41) is 2.84. The van der Waals surface area contributed by atoms with Crippen LogP contribution >= 0.6 is 0 Å². The molecule has 118 valence electrons. The molecule has 0 spiro atoms. The van der Waals surface area contributed by atoms with E-state index in [0.717, 1.165) is 30.6 Å². The van der Waals surface area contributed by atoms with E-state index < -0.39 is 0 Å². The Balaban J connectivity index is 1.81. The molecule has 0 saturated carbocycles. The van der Waals surface area contributed by atoms with Crippen molar-refractivity contribution in [2.45, 2.75) is 38.1 Å². The molecule has 0 radical (unpaired) electrons. The summed E-state index contributed by atoms with van der Waals surface area (Å²) in [6.07, 6.45) is 2.29. The van der Waals surface area contributed by atoms with Crippen LogP contribution in [0.25, 0.3) is 0 Å². The number of hydrogen-bond donors (Lipinski definition) is 2. The van der Waals surface area contributed by atoms with E-state index in [2.05, 4.69) is 5.32 Å². The Labute approximate surface area is 130 Å². The fourth-order valence-corrected chi connectivity index (χ4v) is 3.49. The number of nitrogens with two attached hydrogens (primary N) is 1. The summed E-state index contributed by atoms with van der Waals surface area (Å²) in [6.45, 7) is 3.47. The Morgan fingerprint density at radius 2 is 2.18 bits per heavy atom. The zero-order valence-electron chi connectivity index (χ0n) is 12.9. The van der Waals surface area contributed by atoms with Gasteiger partial charge in [0.2, 0.25) is 11.8 Å². The third-order valence-corrected chi connectivity index (χ3v) is 4.81. The van der Waals surface area contributed by atoms with Gasteiger partial charge in [0.25, 0.3) is 0 Å². The Hall–Kier alpha value is -1.88. The van der Waals surface area contributed by atoms with E-state index in [0.29, 0.717) is 12.5 Å². The van der Waals surface area contributed by atoms with Crippen molar-refractivity contribution >= 4 is 17.5 Å². The van der Waals surface area contributed by atoms with Crippen molar-refractivity contribution in [3.8, 4) is 0 Å². The molecule has 3 N–H and O–H groups in total. The average Bonchev–Trinajstić information content (AvgIpc) is 2.53. The van der Waals surface area contributed by atoms with Crippen LogP contribution in [0.15, 0.2) is 24.3 Å². The van der Waals surface area contributed by atoms with Gasteiger partial charge in [0.1, 0.15) is 0 Å².